The Balaban J connectivity index is 1.59. The number of nitrogens with zero attached hydrogens (tertiary/aromatic N) is 2. The summed E-state index contributed by atoms with van der Waals surface area (Å²) in [4.78, 5) is 16.0. The van der Waals surface area contributed by atoms with Crippen molar-refractivity contribution in [1.29, 1.82) is 0 Å². The lowest BCUT2D eigenvalue weighted by Crippen LogP contribution is -2.67. The summed E-state index contributed by atoms with van der Waals surface area (Å²) < 4.78 is 0.681. The molecule has 33 heavy (non-hydrogen) atoms. The first-order chi connectivity index (χ1) is 16.0. The minimum Gasteiger partial charge on any atom is -0.507 e. The summed E-state index contributed by atoms with van der Waals surface area (Å²) >= 11 is 0. The van der Waals surface area contributed by atoms with Crippen molar-refractivity contribution in [2.75, 3.05) is 13.1 Å². The van der Waals surface area contributed by atoms with Crippen LogP contribution in [0.15, 0.2) is 61.3 Å². The Morgan fingerprint density at radius 3 is 2.88 bits per heavy atom. The van der Waals surface area contributed by atoms with Gasteiger partial charge in [-0.05, 0) is 48.2 Å². The molecule has 0 saturated carbocycles. The number of hydrogen-bond donors (Lipinski definition) is 2. The summed E-state index contributed by atoms with van der Waals surface area (Å²) in [6, 6.07) is 13.6. The monoisotopic (exact) mass is 443 g/mol. The van der Waals surface area contributed by atoms with E-state index in [9.17, 15) is 15.0 Å². The minimum atomic E-state index is -0.649. The number of pyridine rings is 1. The second-order valence-corrected chi connectivity index (χ2v) is 9.88. The number of aliphatic hydroxyl groups excluding tert-OH is 1. The van der Waals surface area contributed by atoms with Crippen molar-refractivity contribution in [3.8, 4) is 5.75 Å². The highest BCUT2D eigenvalue weighted by molar-refractivity contribution is 5.82. The van der Waals surface area contributed by atoms with Crippen molar-refractivity contribution in [3.05, 3.63) is 83.6 Å². The molecule has 3 aromatic rings. The molecule has 3 aliphatic heterocycles. The lowest BCUT2D eigenvalue weighted by atomic mass is 9.71. The number of benzene rings is 2. The molecule has 2 bridgehead atoms. The second kappa shape index (κ2) is 8.40. The van der Waals surface area contributed by atoms with Crippen molar-refractivity contribution in [1.82, 2.24) is 4.98 Å². The van der Waals surface area contributed by atoms with Gasteiger partial charge in [0, 0.05) is 35.9 Å². The van der Waals surface area contributed by atoms with Crippen LogP contribution in [0.5, 0.6) is 5.75 Å². The standard InChI is InChI=1S/C28H30N2O3/c1-3-19-15-30(16-21-12-18(2)13-22(17-31)27(21)32)11-9-20(19)14-26(30)28(33)24-8-10-29-25-7-5-4-6-23(24)25/h3-8,10,12-13,17,19-20,26,28,33H,1,9,11,14-16H2,2H3/p+1/t19-,20-,26-,28-,30-/m0/s1. The number of aryl methyl sites for hydroxylation is 1. The highest BCUT2D eigenvalue weighted by Gasteiger charge is 2.54. The Morgan fingerprint density at radius 2 is 2.09 bits per heavy atom. The van der Waals surface area contributed by atoms with Crippen molar-refractivity contribution in [2.45, 2.75) is 38.5 Å². The highest BCUT2D eigenvalue weighted by atomic mass is 16.3. The number of piperidine rings is 3. The van der Waals surface area contributed by atoms with E-state index in [1.165, 1.54) is 0 Å². The fourth-order valence-electron chi connectivity index (χ4n) is 6.40. The molecule has 3 aliphatic rings. The number of aliphatic hydroxyl groups is 1. The van der Waals surface area contributed by atoms with Crippen molar-refractivity contribution < 1.29 is 19.5 Å². The first kappa shape index (κ1) is 21.8. The number of quaternary nitrogens is 1. The van der Waals surface area contributed by atoms with Gasteiger partial charge in [-0.2, -0.15) is 0 Å². The van der Waals surface area contributed by atoms with Crippen molar-refractivity contribution in [2.24, 2.45) is 11.8 Å². The van der Waals surface area contributed by atoms with E-state index in [-0.39, 0.29) is 11.8 Å². The number of aromatic nitrogens is 1. The summed E-state index contributed by atoms with van der Waals surface area (Å²) in [6.07, 6.45) is 5.89. The number of phenols is 1. The molecular formula is C28H31N2O3+. The molecule has 3 saturated heterocycles. The van der Waals surface area contributed by atoms with Crippen molar-refractivity contribution >= 4 is 17.2 Å². The van der Waals surface area contributed by atoms with Gasteiger partial charge < -0.3 is 14.7 Å². The number of phenolic OH excluding ortho intramolecular Hbond substituents is 1. The Bertz CT molecular complexity index is 1220. The van der Waals surface area contributed by atoms with E-state index < -0.39 is 6.10 Å². The summed E-state index contributed by atoms with van der Waals surface area (Å²) in [5.74, 6) is 0.953. The molecule has 2 N–H and O–H groups in total. The van der Waals surface area contributed by atoms with Crippen LogP contribution in [0.25, 0.3) is 10.9 Å². The first-order valence-corrected chi connectivity index (χ1v) is 11.7. The number of hydrogen-bond acceptors (Lipinski definition) is 4. The number of aldehydes is 1. The van der Waals surface area contributed by atoms with Gasteiger partial charge in [0.2, 0.25) is 0 Å². The zero-order valence-corrected chi connectivity index (χ0v) is 19.0. The topological polar surface area (TPSA) is 70.4 Å². The smallest absolute Gasteiger partial charge is 0.153 e. The fourth-order valence-corrected chi connectivity index (χ4v) is 6.40. The van der Waals surface area contributed by atoms with Gasteiger partial charge in [-0.15, -0.1) is 6.58 Å². The molecule has 5 atom stereocenters. The fraction of sp³-hybridized carbons (Fsp3) is 0.357. The molecule has 0 amide bonds. The molecule has 3 fully saturated rings. The number of para-hydroxylation sites is 1. The van der Waals surface area contributed by atoms with Gasteiger partial charge in [0.15, 0.2) is 6.29 Å². The van der Waals surface area contributed by atoms with Gasteiger partial charge >= 0.3 is 0 Å². The van der Waals surface area contributed by atoms with E-state index in [1.54, 1.807) is 12.3 Å². The third-order valence-electron chi connectivity index (χ3n) is 8.02. The molecule has 170 valence electrons. The third-order valence-corrected chi connectivity index (χ3v) is 8.02. The quantitative estimate of drug-likeness (QED) is 0.329. The first-order valence-electron chi connectivity index (χ1n) is 11.7. The Labute approximate surface area is 194 Å². The van der Waals surface area contributed by atoms with Gasteiger partial charge in [0.05, 0.1) is 24.2 Å². The van der Waals surface area contributed by atoms with Crippen LogP contribution < -0.4 is 0 Å². The second-order valence-electron chi connectivity index (χ2n) is 9.88. The van der Waals surface area contributed by atoms with Gasteiger partial charge in [-0.1, -0.05) is 24.3 Å². The Morgan fingerprint density at radius 1 is 1.27 bits per heavy atom. The predicted molar refractivity (Wildman–Crippen MR) is 129 cm³/mol. The average Bonchev–Trinajstić information content (AvgIpc) is 2.85. The van der Waals surface area contributed by atoms with E-state index in [0.29, 0.717) is 28.4 Å². The van der Waals surface area contributed by atoms with E-state index in [0.717, 1.165) is 59.8 Å². The van der Waals surface area contributed by atoms with Gasteiger partial charge in [0.1, 0.15) is 24.4 Å². The van der Waals surface area contributed by atoms with Crippen LogP contribution in [-0.4, -0.2) is 45.1 Å². The summed E-state index contributed by atoms with van der Waals surface area (Å²) in [5, 5.41) is 23.6. The van der Waals surface area contributed by atoms with Gasteiger partial charge in [-0.25, -0.2) is 0 Å². The Hall–Kier alpha value is -3.02. The molecule has 6 rings (SSSR count). The molecule has 5 nitrogen and oxygen atoms in total. The van der Waals surface area contributed by atoms with Crippen LogP contribution in [0.3, 0.4) is 0 Å². The molecule has 0 aliphatic carbocycles. The summed E-state index contributed by atoms with van der Waals surface area (Å²) in [5.41, 5.74) is 3.84. The molecule has 0 spiro atoms. The van der Waals surface area contributed by atoms with Crippen LogP contribution in [-0.2, 0) is 6.54 Å². The maximum atomic E-state index is 11.8. The molecule has 0 radical (unpaired) electrons. The summed E-state index contributed by atoms with van der Waals surface area (Å²) in [6.45, 7) is 8.43. The van der Waals surface area contributed by atoms with Gasteiger partial charge in [0.25, 0.3) is 0 Å². The normalized spacial score (nSPS) is 27.4. The SMILES string of the molecule is C=C[C@H]1C[N@+]2(Cc3cc(C)cc(C=O)c3O)CC[C@H]1C[C@H]2[C@@H](O)c1ccnc2ccccc12. The third kappa shape index (κ3) is 3.65. The maximum absolute atomic E-state index is 11.8. The Kier molecular flexibility index (Phi) is 5.55. The van der Waals surface area contributed by atoms with Gasteiger partial charge in [-0.3, -0.25) is 9.78 Å². The number of fused-ring (bicyclic) bond motifs is 4. The molecular weight excluding hydrogens is 412 g/mol. The number of carbonyl (C=O) groups is 1. The molecule has 1 aromatic heterocycles. The van der Waals surface area contributed by atoms with Crippen LogP contribution in [0.4, 0.5) is 0 Å². The van der Waals surface area contributed by atoms with Crippen LogP contribution in [0.2, 0.25) is 0 Å². The molecule has 4 heterocycles. The summed E-state index contributed by atoms with van der Waals surface area (Å²) in [7, 11) is 0. The van der Waals surface area contributed by atoms with E-state index >= 15 is 0 Å². The van der Waals surface area contributed by atoms with Crippen LogP contribution in [0.1, 0.15) is 46.0 Å². The average molecular weight is 444 g/mol. The zero-order chi connectivity index (χ0) is 23.2. The lowest BCUT2D eigenvalue weighted by Gasteiger charge is -2.58. The largest absolute Gasteiger partial charge is 0.507 e. The van der Waals surface area contributed by atoms with E-state index in [1.807, 2.05) is 43.3 Å². The van der Waals surface area contributed by atoms with Crippen LogP contribution >= 0.6 is 0 Å². The number of carbonyl (C=O) groups excluding carboxylic acids is 1. The zero-order valence-electron chi connectivity index (χ0n) is 19.0. The maximum Gasteiger partial charge on any atom is 0.153 e. The van der Waals surface area contributed by atoms with E-state index in [4.69, 9.17) is 0 Å². The molecule has 2 aromatic carbocycles. The molecule has 0 unspecified atom stereocenters. The minimum absolute atomic E-state index is 0.00894. The number of aromatic hydroxyl groups is 1. The van der Waals surface area contributed by atoms with Crippen molar-refractivity contribution in [3.63, 3.8) is 0 Å². The number of rotatable bonds is 6. The van der Waals surface area contributed by atoms with E-state index in [2.05, 4.69) is 17.6 Å². The highest BCUT2D eigenvalue weighted by Crippen LogP contribution is 2.48. The van der Waals surface area contributed by atoms with Crippen LogP contribution in [0, 0.1) is 18.8 Å². The molecule has 5 heteroatoms. The predicted octanol–water partition coefficient (Wildman–Crippen LogP) is 4.71. The lowest BCUT2D eigenvalue weighted by molar-refractivity contribution is -0.985.